The third-order valence-corrected chi connectivity index (χ3v) is 7.02. The van der Waals surface area contributed by atoms with Crippen LogP contribution in [0.4, 0.5) is 0 Å². The molecule has 158 valence electrons. The lowest BCUT2D eigenvalue weighted by Gasteiger charge is -2.43. The van der Waals surface area contributed by atoms with Crippen molar-refractivity contribution in [3.05, 3.63) is 35.4 Å². The summed E-state index contributed by atoms with van der Waals surface area (Å²) in [7, 11) is 1.34. The highest BCUT2D eigenvalue weighted by molar-refractivity contribution is 5.83. The summed E-state index contributed by atoms with van der Waals surface area (Å²) >= 11 is 0. The molecule has 4 rings (SSSR count). The van der Waals surface area contributed by atoms with Gasteiger partial charge in [-0.1, -0.05) is 24.3 Å². The molecule has 1 atom stereocenters. The van der Waals surface area contributed by atoms with E-state index in [1.807, 2.05) is 0 Å². The Balaban J connectivity index is 1.24. The fourth-order valence-corrected chi connectivity index (χ4v) is 5.34. The first-order chi connectivity index (χ1) is 14.1. The van der Waals surface area contributed by atoms with Crippen LogP contribution in [0, 0.1) is 5.92 Å². The number of esters is 1. The second-order valence-electron chi connectivity index (χ2n) is 8.73. The van der Waals surface area contributed by atoms with E-state index >= 15 is 0 Å². The van der Waals surface area contributed by atoms with E-state index < -0.39 is 5.97 Å². The summed E-state index contributed by atoms with van der Waals surface area (Å²) < 4.78 is 4.61. The van der Waals surface area contributed by atoms with Crippen LogP contribution in [0.3, 0.4) is 0 Å². The Labute approximate surface area is 173 Å². The van der Waals surface area contributed by atoms with E-state index in [4.69, 9.17) is 0 Å². The molecule has 1 aliphatic carbocycles. The SMILES string of the molecule is COC(=O)CNC(=O)[C@H]1CCCN(C2CCN(C3Cc4ccccc4C3)CC2)C1. The van der Waals surface area contributed by atoms with Crippen LogP contribution in [0.1, 0.15) is 36.8 Å². The molecule has 29 heavy (non-hydrogen) atoms. The molecule has 0 unspecified atom stereocenters. The second kappa shape index (κ2) is 9.26. The maximum Gasteiger partial charge on any atom is 0.325 e. The van der Waals surface area contributed by atoms with Gasteiger partial charge in [-0.2, -0.15) is 0 Å². The maximum absolute atomic E-state index is 12.4. The quantitative estimate of drug-likeness (QED) is 0.763. The van der Waals surface area contributed by atoms with Crippen LogP contribution in [0.25, 0.3) is 0 Å². The fourth-order valence-electron chi connectivity index (χ4n) is 5.34. The van der Waals surface area contributed by atoms with E-state index in [1.54, 1.807) is 0 Å². The Kier molecular flexibility index (Phi) is 6.50. The number of methoxy groups -OCH3 is 1. The molecule has 0 bridgehead atoms. The number of carbonyl (C=O) groups excluding carboxylic acids is 2. The van der Waals surface area contributed by atoms with Gasteiger partial charge in [-0.15, -0.1) is 0 Å². The molecule has 6 heteroatoms. The number of ether oxygens (including phenoxy) is 1. The third-order valence-electron chi connectivity index (χ3n) is 7.02. The van der Waals surface area contributed by atoms with E-state index in [0.717, 1.165) is 39.0 Å². The third kappa shape index (κ3) is 4.81. The summed E-state index contributed by atoms with van der Waals surface area (Å²) in [5.41, 5.74) is 3.05. The van der Waals surface area contributed by atoms with Crippen molar-refractivity contribution in [3.8, 4) is 0 Å². The van der Waals surface area contributed by atoms with Crippen LogP contribution in [-0.2, 0) is 27.2 Å². The van der Waals surface area contributed by atoms with Crippen molar-refractivity contribution >= 4 is 11.9 Å². The lowest BCUT2D eigenvalue weighted by atomic mass is 9.92. The zero-order chi connectivity index (χ0) is 20.2. The summed E-state index contributed by atoms with van der Waals surface area (Å²) in [6.45, 7) is 4.17. The van der Waals surface area contributed by atoms with Crippen LogP contribution in [0.15, 0.2) is 24.3 Å². The molecule has 2 aliphatic heterocycles. The summed E-state index contributed by atoms with van der Waals surface area (Å²) in [5.74, 6) is -0.426. The Morgan fingerprint density at radius 2 is 1.69 bits per heavy atom. The lowest BCUT2D eigenvalue weighted by Crippen LogP contribution is -2.52. The Morgan fingerprint density at radius 1 is 1.00 bits per heavy atom. The fraction of sp³-hybridized carbons (Fsp3) is 0.652. The number of rotatable bonds is 5. The highest BCUT2D eigenvalue weighted by Gasteiger charge is 2.34. The molecule has 0 aromatic heterocycles. The van der Waals surface area contributed by atoms with Crippen molar-refractivity contribution in [2.75, 3.05) is 39.8 Å². The van der Waals surface area contributed by atoms with Gasteiger partial charge in [0, 0.05) is 18.6 Å². The first kappa shape index (κ1) is 20.4. The van der Waals surface area contributed by atoms with Gasteiger partial charge in [0.25, 0.3) is 0 Å². The van der Waals surface area contributed by atoms with Gasteiger partial charge in [0.15, 0.2) is 0 Å². The van der Waals surface area contributed by atoms with Crippen molar-refractivity contribution in [2.24, 2.45) is 5.92 Å². The van der Waals surface area contributed by atoms with E-state index in [9.17, 15) is 9.59 Å². The zero-order valence-electron chi connectivity index (χ0n) is 17.4. The normalized spacial score (nSPS) is 24.2. The van der Waals surface area contributed by atoms with Gasteiger partial charge in [0.1, 0.15) is 6.54 Å². The molecule has 6 nitrogen and oxygen atoms in total. The van der Waals surface area contributed by atoms with Gasteiger partial charge in [0.2, 0.25) is 5.91 Å². The summed E-state index contributed by atoms with van der Waals surface area (Å²) in [4.78, 5) is 28.9. The van der Waals surface area contributed by atoms with Gasteiger partial charge in [-0.25, -0.2) is 0 Å². The number of nitrogens with one attached hydrogen (secondary N) is 1. The van der Waals surface area contributed by atoms with Crippen LogP contribution >= 0.6 is 0 Å². The Hall–Kier alpha value is -1.92. The molecular weight excluding hydrogens is 366 g/mol. The molecule has 1 aromatic rings. The van der Waals surface area contributed by atoms with Gasteiger partial charge in [-0.3, -0.25) is 19.4 Å². The molecular formula is C23H33N3O3. The highest BCUT2D eigenvalue weighted by Crippen LogP contribution is 2.29. The van der Waals surface area contributed by atoms with Crippen molar-refractivity contribution in [1.29, 1.82) is 0 Å². The van der Waals surface area contributed by atoms with Gasteiger partial charge in [0.05, 0.1) is 13.0 Å². The predicted molar refractivity (Wildman–Crippen MR) is 112 cm³/mol. The Morgan fingerprint density at radius 3 is 2.34 bits per heavy atom. The molecule has 1 amide bonds. The smallest absolute Gasteiger partial charge is 0.325 e. The summed E-state index contributed by atoms with van der Waals surface area (Å²) in [6.07, 6.45) is 6.70. The summed E-state index contributed by atoms with van der Waals surface area (Å²) in [6, 6.07) is 10.1. The van der Waals surface area contributed by atoms with Crippen LogP contribution in [0.5, 0.6) is 0 Å². The first-order valence-corrected chi connectivity index (χ1v) is 11.0. The highest BCUT2D eigenvalue weighted by atomic mass is 16.5. The first-order valence-electron chi connectivity index (χ1n) is 11.0. The molecule has 0 radical (unpaired) electrons. The molecule has 2 saturated heterocycles. The Bertz CT molecular complexity index is 705. The van der Waals surface area contributed by atoms with Gasteiger partial charge in [-0.05, 0) is 69.3 Å². The number of hydrogen-bond acceptors (Lipinski definition) is 5. The number of hydrogen-bond donors (Lipinski definition) is 1. The van der Waals surface area contributed by atoms with E-state index in [2.05, 4.69) is 44.1 Å². The van der Waals surface area contributed by atoms with E-state index in [-0.39, 0.29) is 18.4 Å². The standard InChI is InChI=1S/C23H33N3O3/c1-29-22(27)15-24-23(28)19-7-4-10-26(16-19)20-8-11-25(12-9-20)21-13-17-5-2-3-6-18(17)14-21/h2-3,5-6,19-21H,4,7-16H2,1H3,(H,24,28)/t19-/m0/s1. The minimum atomic E-state index is -0.396. The molecule has 0 saturated carbocycles. The average Bonchev–Trinajstić information content (AvgIpc) is 3.21. The van der Waals surface area contributed by atoms with Crippen LogP contribution in [0.2, 0.25) is 0 Å². The summed E-state index contributed by atoms with van der Waals surface area (Å²) in [5, 5.41) is 2.73. The molecule has 2 heterocycles. The van der Waals surface area contributed by atoms with Crippen molar-refractivity contribution in [2.45, 2.75) is 50.6 Å². The van der Waals surface area contributed by atoms with Crippen molar-refractivity contribution in [3.63, 3.8) is 0 Å². The number of amides is 1. The largest absolute Gasteiger partial charge is 0.468 e. The van der Waals surface area contributed by atoms with Gasteiger partial charge < -0.3 is 10.1 Å². The molecule has 3 aliphatic rings. The molecule has 2 fully saturated rings. The molecule has 1 N–H and O–H groups in total. The number of piperidine rings is 2. The maximum atomic E-state index is 12.4. The zero-order valence-corrected chi connectivity index (χ0v) is 17.4. The molecule has 1 aromatic carbocycles. The monoisotopic (exact) mass is 399 g/mol. The predicted octanol–water partition coefficient (Wildman–Crippen LogP) is 1.62. The van der Waals surface area contributed by atoms with Gasteiger partial charge >= 0.3 is 5.97 Å². The van der Waals surface area contributed by atoms with Crippen molar-refractivity contribution < 1.29 is 14.3 Å². The number of nitrogens with zero attached hydrogens (tertiary/aromatic N) is 2. The number of benzene rings is 1. The number of carbonyl (C=O) groups is 2. The topological polar surface area (TPSA) is 61.9 Å². The minimum absolute atomic E-state index is 0.0127. The average molecular weight is 400 g/mol. The van der Waals surface area contributed by atoms with Crippen LogP contribution in [-0.4, -0.2) is 73.6 Å². The number of likely N-dealkylation sites (tertiary alicyclic amines) is 2. The second-order valence-corrected chi connectivity index (χ2v) is 8.73. The molecule has 0 spiro atoms. The lowest BCUT2D eigenvalue weighted by molar-refractivity contribution is -0.142. The van der Waals surface area contributed by atoms with E-state index in [1.165, 1.54) is 43.9 Å². The van der Waals surface area contributed by atoms with E-state index in [0.29, 0.717) is 12.1 Å². The minimum Gasteiger partial charge on any atom is -0.468 e. The van der Waals surface area contributed by atoms with Crippen LogP contribution < -0.4 is 5.32 Å². The number of fused-ring (bicyclic) bond motifs is 1. The van der Waals surface area contributed by atoms with Crippen molar-refractivity contribution in [1.82, 2.24) is 15.1 Å².